The molecular formula is C6H12MoN6O6S6-6. The molecule has 0 saturated heterocycles. The molecule has 0 heterocycles. The van der Waals surface area contributed by atoms with E-state index in [1.165, 1.54) is 0 Å². The molecule has 0 spiro atoms. The van der Waals surface area contributed by atoms with Crippen LogP contribution in [-0.4, -0.2) is 31.4 Å². The van der Waals surface area contributed by atoms with Gasteiger partial charge < -0.3 is 139 Å². The van der Waals surface area contributed by atoms with Crippen molar-refractivity contribution >= 4 is 107 Å². The maximum absolute atomic E-state index is 9.04. The molecule has 6 amide bonds. The van der Waals surface area contributed by atoms with Gasteiger partial charge in [-0.05, 0) is 0 Å². The molecule has 0 aromatic rings. The molecule has 12 N–H and O–H groups in total. The third-order valence-corrected chi connectivity index (χ3v) is 0. The molecule has 0 aliphatic rings. The summed E-state index contributed by atoms with van der Waals surface area (Å²) in [5, 5.41) is -4.50. The van der Waals surface area contributed by atoms with Crippen LogP contribution < -0.4 is 34.4 Å². The largest absolute Gasteiger partial charge is 0.719 e. The van der Waals surface area contributed by atoms with Gasteiger partial charge in [0.15, 0.2) is 0 Å². The Labute approximate surface area is 190 Å². The number of rotatable bonds is 0. The van der Waals surface area contributed by atoms with Crippen LogP contribution in [0.25, 0.3) is 0 Å². The first-order valence-corrected chi connectivity index (χ1v) is 6.63. The Morgan fingerprint density at radius 3 is 0.360 bits per heavy atom. The topological polar surface area (TPSA) is 259 Å². The van der Waals surface area contributed by atoms with Crippen LogP contribution >= 0.6 is 0 Å². The van der Waals surface area contributed by atoms with E-state index in [0.717, 1.165) is 0 Å². The molecule has 0 bridgehead atoms. The minimum atomic E-state index is -0.750. The molecular weight excluding hydrogens is 540 g/mol. The number of nitrogens with two attached hydrogens (primary N) is 6. The maximum atomic E-state index is 9.04. The van der Waals surface area contributed by atoms with Gasteiger partial charge in [0.1, 0.15) is 0 Å². The molecule has 0 aromatic carbocycles. The van der Waals surface area contributed by atoms with Crippen molar-refractivity contribution in [3.8, 4) is 0 Å². The molecule has 0 atom stereocenters. The van der Waals surface area contributed by atoms with Crippen molar-refractivity contribution in [2.75, 3.05) is 0 Å². The summed E-state index contributed by atoms with van der Waals surface area (Å²) in [4.78, 5) is 54.2. The van der Waals surface area contributed by atoms with Crippen LogP contribution in [0, 0.1) is 0 Å². The summed E-state index contributed by atoms with van der Waals surface area (Å²) in [5.74, 6) is 0. The number of amides is 6. The van der Waals surface area contributed by atoms with Gasteiger partial charge in [-0.15, -0.1) is 0 Å². The van der Waals surface area contributed by atoms with E-state index in [1.807, 2.05) is 0 Å². The number of hydrogen-bond donors (Lipinski definition) is 6. The smallest absolute Gasteiger partial charge is 0.0954 e. The molecule has 0 radical (unpaired) electrons. The first kappa shape index (κ1) is 43.8. The Balaban J connectivity index is -0.0000000309. The van der Waals surface area contributed by atoms with E-state index < -0.39 is 31.4 Å². The number of hydrogen-bond acceptors (Lipinski definition) is 12. The van der Waals surface area contributed by atoms with Gasteiger partial charge in [-0.2, -0.15) is 0 Å². The zero-order valence-corrected chi connectivity index (χ0v) is 18.7. The standard InChI is InChI=1S/6CH3NOS.Mo/c6*2-1(3)4;/h6*(H3,2,3,4);/p-6. The van der Waals surface area contributed by atoms with Crippen LogP contribution in [0.1, 0.15) is 0 Å². The Kier molecular flexibility index (Phi) is 67.4. The summed E-state index contributed by atoms with van der Waals surface area (Å²) in [6.07, 6.45) is 0. The maximum Gasteiger partial charge on any atom is 0.0954 e. The minimum absolute atomic E-state index is 0. The number of carbonyl (C=O) groups is 6. The van der Waals surface area contributed by atoms with Crippen LogP contribution in [0.4, 0.5) is 28.8 Å². The predicted molar refractivity (Wildman–Crippen MR) is 102 cm³/mol. The quantitative estimate of drug-likeness (QED) is 0.137. The van der Waals surface area contributed by atoms with E-state index >= 15 is 0 Å². The third kappa shape index (κ3) is 7210. The first-order chi connectivity index (χ1) is 10.4. The fraction of sp³-hybridized carbons (Fsp3) is 0. The Morgan fingerprint density at radius 2 is 0.360 bits per heavy atom. The zero-order valence-electron chi connectivity index (χ0n) is 11.8. The fourth-order valence-electron chi connectivity index (χ4n) is 0. The predicted octanol–water partition coefficient (Wildman–Crippen LogP) is -2.33. The van der Waals surface area contributed by atoms with Crippen molar-refractivity contribution in [3.63, 3.8) is 0 Å². The molecule has 0 unspecified atom stereocenters. The van der Waals surface area contributed by atoms with Gasteiger partial charge in [0, 0.05) is 21.1 Å². The van der Waals surface area contributed by atoms with Crippen molar-refractivity contribution in [3.05, 3.63) is 0 Å². The molecule has 150 valence electrons. The summed E-state index contributed by atoms with van der Waals surface area (Å²) in [5.41, 5.74) is 25.7. The molecule has 0 fully saturated rings. The van der Waals surface area contributed by atoms with Crippen LogP contribution in [0.2, 0.25) is 0 Å². The van der Waals surface area contributed by atoms with Crippen LogP contribution in [0.5, 0.6) is 0 Å². The summed E-state index contributed by atoms with van der Waals surface area (Å²) in [7, 11) is 0. The SMILES string of the molecule is NC(=O)[S-].NC(=O)[S-].NC(=O)[S-].NC(=O)[S-].NC(=O)[S-].NC(=O)[S-].[Mo]. The monoisotopic (exact) mass is 554 g/mol. The Hall–Kier alpha value is -1.17. The van der Waals surface area contributed by atoms with Gasteiger partial charge in [-0.25, -0.2) is 0 Å². The number of carbonyl (C=O) groups excluding carboxylic acids is 6. The van der Waals surface area contributed by atoms with Crippen LogP contribution in [0.15, 0.2) is 0 Å². The van der Waals surface area contributed by atoms with E-state index in [0.29, 0.717) is 0 Å². The van der Waals surface area contributed by atoms with Crippen molar-refractivity contribution in [1.82, 2.24) is 0 Å². The average molecular weight is 553 g/mol. The second kappa shape index (κ2) is 38.4. The summed E-state index contributed by atoms with van der Waals surface area (Å²) < 4.78 is 0. The Morgan fingerprint density at radius 1 is 0.360 bits per heavy atom. The van der Waals surface area contributed by atoms with Gasteiger partial charge in [0.2, 0.25) is 0 Å². The van der Waals surface area contributed by atoms with Gasteiger partial charge >= 0.3 is 0 Å². The van der Waals surface area contributed by atoms with Crippen LogP contribution in [0.3, 0.4) is 0 Å². The van der Waals surface area contributed by atoms with E-state index in [1.54, 1.807) is 0 Å². The third-order valence-electron chi connectivity index (χ3n) is 0. The molecule has 12 nitrogen and oxygen atoms in total. The van der Waals surface area contributed by atoms with Gasteiger partial charge in [-0.3, -0.25) is 0 Å². The van der Waals surface area contributed by atoms with Crippen LogP contribution in [-0.2, 0) is 96.8 Å². The van der Waals surface area contributed by atoms with Gasteiger partial charge in [-0.1, -0.05) is 0 Å². The summed E-state index contributed by atoms with van der Waals surface area (Å²) >= 11 is 22.6. The van der Waals surface area contributed by atoms with E-state index in [-0.39, 0.29) is 21.1 Å². The van der Waals surface area contributed by atoms with E-state index in [4.69, 9.17) is 28.8 Å². The molecule has 19 heteroatoms. The average Bonchev–Trinajstić information content (AvgIpc) is 2.08. The van der Waals surface area contributed by atoms with Gasteiger partial charge in [0.25, 0.3) is 0 Å². The summed E-state index contributed by atoms with van der Waals surface area (Å²) in [6, 6.07) is 0. The molecule has 0 aromatic heterocycles. The van der Waals surface area contributed by atoms with Crippen molar-refractivity contribution in [2.24, 2.45) is 34.4 Å². The molecule has 0 aliphatic carbocycles. The molecule has 0 saturated carbocycles. The zero-order chi connectivity index (χ0) is 21.5. The minimum Gasteiger partial charge on any atom is -0.719 e. The van der Waals surface area contributed by atoms with Crippen molar-refractivity contribution < 1.29 is 49.8 Å². The second-order valence-electron chi connectivity index (χ2n) is 1.91. The summed E-state index contributed by atoms with van der Waals surface area (Å²) in [6.45, 7) is 0. The number of primary amides is 6. The molecule has 0 aliphatic heterocycles. The molecule has 0 rings (SSSR count). The second-order valence-corrected chi connectivity index (χ2v) is 4.33. The first-order valence-electron chi connectivity index (χ1n) is 4.18. The normalized spacial score (nSPS) is 5.76. The van der Waals surface area contributed by atoms with Crippen molar-refractivity contribution in [2.45, 2.75) is 0 Å². The molecule has 25 heavy (non-hydrogen) atoms. The fourth-order valence-corrected chi connectivity index (χ4v) is 0. The van der Waals surface area contributed by atoms with E-state index in [9.17, 15) is 0 Å². The van der Waals surface area contributed by atoms with E-state index in [2.05, 4.69) is 110 Å². The Bertz CT molecular complexity index is 285. The van der Waals surface area contributed by atoms with Crippen molar-refractivity contribution in [1.29, 1.82) is 0 Å². The van der Waals surface area contributed by atoms with Gasteiger partial charge in [0.05, 0.1) is 31.4 Å².